The van der Waals surface area contributed by atoms with E-state index >= 15 is 0 Å². The van der Waals surface area contributed by atoms with Crippen LogP contribution in [0.1, 0.15) is 47.4 Å². The summed E-state index contributed by atoms with van der Waals surface area (Å²) in [5.74, 6) is 0.360. The molecular weight excluding hydrogens is 198 g/mol. The number of nitrogens with two attached hydrogens (primary N) is 1. The highest BCUT2D eigenvalue weighted by Crippen LogP contribution is 2.38. The second kappa shape index (κ2) is 4.28. The summed E-state index contributed by atoms with van der Waals surface area (Å²) in [6.45, 7) is 4.32. The van der Waals surface area contributed by atoms with Crippen LogP contribution in [-0.4, -0.2) is 5.91 Å². The molecular formula is C14H19NO. The molecule has 2 heteroatoms. The second-order valence-corrected chi connectivity index (χ2v) is 4.89. The van der Waals surface area contributed by atoms with Crippen LogP contribution in [0.3, 0.4) is 0 Å². The van der Waals surface area contributed by atoms with Gasteiger partial charge in [0.2, 0.25) is 5.91 Å². The van der Waals surface area contributed by atoms with Gasteiger partial charge in [-0.15, -0.1) is 0 Å². The minimum absolute atomic E-state index is 0.183. The van der Waals surface area contributed by atoms with E-state index in [9.17, 15) is 4.79 Å². The van der Waals surface area contributed by atoms with Crippen LogP contribution in [0.15, 0.2) is 12.1 Å². The Morgan fingerprint density at radius 1 is 1.44 bits per heavy atom. The van der Waals surface area contributed by atoms with Crippen LogP contribution in [0.2, 0.25) is 0 Å². The first kappa shape index (κ1) is 11.2. The summed E-state index contributed by atoms with van der Waals surface area (Å²) in [5, 5.41) is 0. The molecule has 2 N–H and O–H groups in total. The molecule has 0 aromatic heterocycles. The zero-order valence-electron chi connectivity index (χ0n) is 10.0. The lowest BCUT2D eigenvalue weighted by Crippen LogP contribution is -2.11. The smallest absolute Gasteiger partial charge is 0.217 e. The van der Waals surface area contributed by atoms with Gasteiger partial charge in [-0.2, -0.15) is 0 Å². The van der Waals surface area contributed by atoms with Gasteiger partial charge >= 0.3 is 0 Å². The van der Waals surface area contributed by atoms with Gasteiger partial charge in [-0.3, -0.25) is 4.79 Å². The number of primary amides is 1. The fraction of sp³-hybridized carbons (Fsp3) is 0.500. The molecule has 2 rings (SSSR count). The number of rotatable bonds is 3. The molecule has 1 aliphatic carbocycles. The number of hydrogen-bond donors (Lipinski definition) is 1. The van der Waals surface area contributed by atoms with E-state index in [-0.39, 0.29) is 5.91 Å². The lowest BCUT2D eigenvalue weighted by Gasteiger charge is -2.12. The van der Waals surface area contributed by atoms with Gasteiger partial charge in [0, 0.05) is 6.42 Å². The van der Waals surface area contributed by atoms with E-state index in [0.29, 0.717) is 12.3 Å². The van der Waals surface area contributed by atoms with Gasteiger partial charge in [-0.1, -0.05) is 17.7 Å². The van der Waals surface area contributed by atoms with Crippen molar-refractivity contribution in [2.45, 2.75) is 45.4 Å². The monoisotopic (exact) mass is 217 g/mol. The summed E-state index contributed by atoms with van der Waals surface area (Å²) in [5.41, 5.74) is 10.9. The Balaban J connectivity index is 2.22. The van der Waals surface area contributed by atoms with Gasteiger partial charge in [0.1, 0.15) is 0 Å². The number of benzene rings is 1. The maximum absolute atomic E-state index is 10.8. The molecule has 86 valence electrons. The Kier molecular flexibility index (Phi) is 2.99. The van der Waals surface area contributed by atoms with Gasteiger partial charge in [-0.05, 0) is 55.7 Å². The van der Waals surface area contributed by atoms with Gasteiger partial charge in [-0.25, -0.2) is 0 Å². The Bertz CT molecular complexity index is 423. The summed E-state index contributed by atoms with van der Waals surface area (Å²) in [7, 11) is 0. The van der Waals surface area contributed by atoms with Gasteiger partial charge in [0.05, 0.1) is 0 Å². The van der Waals surface area contributed by atoms with E-state index in [1.54, 1.807) is 0 Å². The highest BCUT2D eigenvalue weighted by atomic mass is 16.1. The normalized spacial score (nSPS) is 18.5. The van der Waals surface area contributed by atoms with E-state index in [1.807, 2.05) is 0 Å². The largest absolute Gasteiger partial charge is 0.370 e. The lowest BCUT2D eigenvalue weighted by atomic mass is 9.93. The summed E-state index contributed by atoms with van der Waals surface area (Å²) in [4.78, 5) is 10.8. The zero-order valence-corrected chi connectivity index (χ0v) is 10.0. The number of amides is 1. The second-order valence-electron chi connectivity index (χ2n) is 4.89. The molecule has 0 heterocycles. The number of fused-ring (bicyclic) bond motifs is 1. The van der Waals surface area contributed by atoms with Crippen LogP contribution >= 0.6 is 0 Å². The Morgan fingerprint density at radius 3 is 2.88 bits per heavy atom. The van der Waals surface area contributed by atoms with Crippen LogP contribution in [-0.2, 0) is 11.2 Å². The molecule has 0 saturated carbocycles. The van der Waals surface area contributed by atoms with Crippen molar-refractivity contribution in [3.8, 4) is 0 Å². The Morgan fingerprint density at radius 2 is 2.19 bits per heavy atom. The van der Waals surface area contributed by atoms with Crippen molar-refractivity contribution < 1.29 is 4.79 Å². The van der Waals surface area contributed by atoms with Crippen LogP contribution in [0, 0.1) is 13.8 Å². The fourth-order valence-electron chi connectivity index (χ4n) is 2.83. The van der Waals surface area contributed by atoms with Crippen LogP contribution in [0.4, 0.5) is 0 Å². The molecule has 0 aliphatic heterocycles. The fourth-order valence-corrected chi connectivity index (χ4v) is 2.83. The first-order valence-electron chi connectivity index (χ1n) is 5.96. The van der Waals surface area contributed by atoms with E-state index in [0.717, 1.165) is 12.8 Å². The molecule has 1 aromatic carbocycles. The van der Waals surface area contributed by atoms with Crippen molar-refractivity contribution in [3.63, 3.8) is 0 Å². The highest BCUT2D eigenvalue weighted by molar-refractivity contribution is 5.73. The molecule has 0 fully saturated rings. The molecule has 1 aliphatic rings. The number of carbonyl (C=O) groups excluding carboxylic acids is 1. The first-order valence-corrected chi connectivity index (χ1v) is 5.96. The van der Waals surface area contributed by atoms with Crippen LogP contribution in [0.25, 0.3) is 0 Å². The molecule has 0 spiro atoms. The standard InChI is InChI=1S/C14H19NO/c1-9-7-10(2)12-5-3-11(13(12)8-9)4-6-14(15)16/h7-8,11H,3-6H2,1-2H3,(H2,15,16). The number of carbonyl (C=O) groups is 1. The first-order chi connectivity index (χ1) is 7.58. The summed E-state index contributed by atoms with van der Waals surface area (Å²) in [6, 6.07) is 4.52. The van der Waals surface area contributed by atoms with Crippen molar-refractivity contribution in [2.75, 3.05) is 0 Å². The SMILES string of the molecule is Cc1cc(C)c2c(c1)C(CCC(N)=O)CC2. The van der Waals surface area contributed by atoms with Crippen molar-refractivity contribution in [1.29, 1.82) is 0 Å². The van der Waals surface area contributed by atoms with Crippen molar-refractivity contribution in [3.05, 3.63) is 34.4 Å². The van der Waals surface area contributed by atoms with Gasteiger partial charge in [0.15, 0.2) is 0 Å². The molecule has 1 atom stereocenters. The molecule has 1 amide bonds. The van der Waals surface area contributed by atoms with E-state index in [2.05, 4.69) is 26.0 Å². The molecule has 16 heavy (non-hydrogen) atoms. The van der Waals surface area contributed by atoms with Crippen molar-refractivity contribution >= 4 is 5.91 Å². The minimum atomic E-state index is -0.183. The average Bonchev–Trinajstić information content (AvgIpc) is 2.58. The molecule has 2 nitrogen and oxygen atoms in total. The minimum Gasteiger partial charge on any atom is -0.370 e. The number of aryl methyl sites for hydroxylation is 2. The van der Waals surface area contributed by atoms with Crippen molar-refractivity contribution in [1.82, 2.24) is 0 Å². The third-order valence-electron chi connectivity index (χ3n) is 3.57. The molecule has 0 saturated heterocycles. The average molecular weight is 217 g/mol. The van der Waals surface area contributed by atoms with Gasteiger partial charge < -0.3 is 5.73 Å². The quantitative estimate of drug-likeness (QED) is 0.831. The number of hydrogen-bond acceptors (Lipinski definition) is 1. The topological polar surface area (TPSA) is 43.1 Å². The predicted octanol–water partition coefficient (Wildman–Crippen LogP) is 2.60. The van der Waals surface area contributed by atoms with Gasteiger partial charge in [0.25, 0.3) is 0 Å². The molecule has 1 unspecified atom stereocenters. The summed E-state index contributed by atoms with van der Waals surface area (Å²) in [6.07, 6.45) is 3.75. The third-order valence-corrected chi connectivity index (χ3v) is 3.57. The Labute approximate surface area is 96.8 Å². The summed E-state index contributed by atoms with van der Waals surface area (Å²) >= 11 is 0. The third kappa shape index (κ3) is 2.11. The predicted molar refractivity (Wildman–Crippen MR) is 65.4 cm³/mol. The summed E-state index contributed by atoms with van der Waals surface area (Å²) < 4.78 is 0. The highest BCUT2D eigenvalue weighted by Gasteiger charge is 2.24. The van der Waals surface area contributed by atoms with Crippen molar-refractivity contribution in [2.24, 2.45) is 5.73 Å². The molecule has 1 aromatic rings. The molecule has 0 bridgehead atoms. The maximum Gasteiger partial charge on any atom is 0.217 e. The van der Waals surface area contributed by atoms with E-state index < -0.39 is 0 Å². The lowest BCUT2D eigenvalue weighted by molar-refractivity contribution is -0.118. The van der Waals surface area contributed by atoms with Crippen LogP contribution < -0.4 is 5.73 Å². The zero-order chi connectivity index (χ0) is 11.7. The maximum atomic E-state index is 10.8. The van der Waals surface area contributed by atoms with Crippen LogP contribution in [0.5, 0.6) is 0 Å². The molecule has 0 radical (unpaired) electrons. The Hall–Kier alpha value is -1.31. The van der Waals surface area contributed by atoms with E-state index in [4.69, 9.17) is 5.73 Å². The van der Waals surface area contributed by atoms with E-state index in [1.165, 1.54) is 28.7 Å².